The quantitative estimate of drug-likeness (QED) is 0.295. The molecule has 2 aromatic carbocycles. The van der Waals surface area contributed by atoms with Crippen molar-refractivity contribution in [3.8, 4) is 34.0 Å². The number of halogens is 2. The van der Waals surface area contributed by atoms with Crippen molar-refractivity contribution in [2.45, 2.75) is 13.8 Å². The van der Waals surface area contributed by atoms with Crippen molar-refractivity contribution in [3.05, 3.63) is 90.4 Å². The lowest BCUT2D eigenvalue weighted by atomic mass is 9.99. The largest absolute Gasteiger partial charge is 0.436 e. The molecule has 0 saturated heterocycles. The van der Waals surface area contributed by atoms with Gasteiger partial charge >= 0.3 is 0 Å². The molecule has 0 atom stereocenters. The molecule has 0 aliphatic rings. The van der Waals surface area contributed by atoms with Gasteiger partial charge in [-0.25, -0.2) is 18.7 Å². The molecular weight excluding hydrogens is 492 g/mol. The van der Waals surface area contributed by atoms with Crippen molar-refractivity contribution in [2.24, 2.45) is 0 Å². The van der Waals surface area contributed by atoms with Crippen LogP contribution in [0.2, 0.25) is 0 Å². The van der Waals surface area contributed by atoms with Gasteiger partial charge in [0.1, 0.15) is 23.4 Å². The number of nitrogens with zero attached hydrogens (tertiary/aromatic N) is 5. The Morgan fingerprint density at radius 2 is 1.92 bits per heavy atom. The van der Waals surface area contributed by atoms with Gasteiger partial charge in [0.05, 0.1) is 0 Å². The summed E-state index contributed by atoms with van der Waals surface area (Å²) in [6.07, 6.45) is 1.21. The number of aryl methyl sites for hydroxylation is 1. The number of pyridine rings is 1. The average Bonchev–Trinajstić information content (AvgIpc) is 3.26. The van der Waals surface area contributed by atoms with E-state index in [9.17, 15) is 4.79 Å². The summed E-state index contributed by atoms with van der Waals surface area (Å²) in [4.78, 5) is 20.2. The molecule has 3 aromatic heterocycles. The molecule has 5 rings (SSSR count). The van der Waals surface area contributed by atoms with Gasteiger partial charge in [-0.05, 0) is 55.8 Å². The third kappa shape index (κ3) is 4.64. The fraction of sp³-hybridized carbons (Fsp3) is 0.0741. The number of ether oxygens (including phenoxy) is 1. The van der Waals surface area contributed by atoms with E-state index >= 15 is 8.78 Å². The molecule has 3 heterocycles. The highest BCUT2D eigenvalue weighted by molar-refractivity contribution is 6.03. The minimum atomic E-state index is -0.676. The Kier molecular flexibility index (Phi) is 6.25. The molecule has 0 spiro atoms. The minimum Gasteiger partial charge on any atom is -0.436 e. The highest BCUT2D eigenvalue weighted by Gasteiger charge is 2.23. The van der Waals surface area contributed by atoms with Crippen molar-refractivity contribution in [1.29, 1.82) is 0 Å². The summed E-state index contributed by atoms with van der Waals surface area (Å²) in [6.45, 7) is 6.91. The van der Waals surface area contributed by atoms with Gasteiger partial charge in [-0.15, -0.1) is 14.8 Å². The van der Waals surface area contributed by atoms with Crippen LogP contribution in [-0.2, 0) is 4.79 Å². The Labute approximate surface area is 215 Å². The first kappa shape index (κ1) is 24.5. The zero-order chi connectivity index (χ0) is 27.0. The monoisotopic (exact) mass is 513 g/mol. The van der Waals surface area contributed by atoms with Gasteiger partial charge in [-0.2, -0.15) is 0 Å². The maximum absolute atomic E-state index is 15.3. The summed E-state index contributed by atoms with van der Waals surface area (Å²) in [6, 6.07) is 13.6. The van der Waals surface area contributed by atoms with Gasteiger partial charge in [-0.1, -0.05) is 18.7 Å². The molecule has 0 aliphatic heterocycles. The number of nitrogens with one attached hydrogen (secondary N) is 1. The molecule has 38 heavy (non-hydrogen) atoms. The number of aromatic nitrogens is 5. The number of rotatable bonds is 6. The molecule has 0 saturated carbocycles. The van der Waals surface area contributed by atoms with Crippen molar-refractivity contribution < 1.29 is 18.3 Å². The molecule has 5 aromatic rings. The highest BCUT2D eigenvalue weighted by atomic mass is 19.1. The molecule has 1 amide bonds. The standard InChI is InChI=1S/C27H21F2N7O2/c1-14(2)27(37)34-17-8-9-18(19(28)12-17)24-23(25-26(30)31-13-32-36(25)35-24)16-7-10-21(20(29)11-16)38-22-6-4-5-15(3)33-22/h4-13H,1H2,2-3H3,(H,34,37)(H2,30,31,32). The van der Waals surface area contributed by atoms with Crippen LogP contribution in [0.4, 0.5) is 20.3 Å². The zero-order valence-electron chi connectivity index (χ0n) is 20.4. The summed E-state index contributed by atoms with van der Waals surface area (Å²) in [5.74, 6) is -1.52. The summed E-state index contributed by atoms with van der Waals surface area (Å²) in [5.41, 5.74) is 8.54. The molecule has 0 bridgehead atoms. The third-order valence-corrected chi connectivity index (χ3v) is 5.64. The summed E-state index contributed by atoms with van der Waals surface area (Å²) < 4.78 is 37.4. The van der Waals surface area contributed by atoms with Crippen molar-refractivity contribution >= 4 is 22.9 Å². The van der Waals surface area contributed by atoms with Crippen LogP contribution in [-0.4, -0.2) is 30.7 Å². The average molecular weight is 514 g/mol. The number of nitrogen functional groups attached to an aromatic ring is 1. The molecule has 0 fully saturated rings. The fourth-order valence-corrected chi connectivity index (χ4v) is 3.83. The summed E-state index contributed by atoms with van der Waals surface area (Å²) in [5, 5.41) is 11.1. The number of anilines is 2. The van der Waals surface area contributed by atoms with Crippen molar-refractivity contribution in [1.82, 2.24) is 24.8 Å². The third-order valence-electron chi connectivity index (χ3n) is 5.64. The fourth-order valence-electron chi connectivity index (χ4n) is 3.83. The van der Waals surface area contributed by atoms with E-state index in [1.165, 1.54) is 35.2 Å². The van der Waals surface area contributed by atoms with E-state index in [2.05, 4.69) is 32.1 Å². The lowest BCUT2D eigenvalue weighted by Gasteiger charge is -2.10. The number of amides is 1. The van der Waals surface area contributed by atoms with Gasteiger partial charge in [0, 0.05) is 34.1 Å². The predicted octanol–water partition coefficient (Wildman–Crippen LogP) is 5.33. The van der Waals surface area contributed by atoms with Gasteiger partial charge in [0.25, 0.3) is 5.91 Å². The van der Waals surface area contributed by atoms with E-state index in [4.69, 9.17) is 10.5 Å². The topological polar surface area (TPSA) is 120 Å². The van der Waals surface area contributed by atoms with E-state index < -0.39 is 17.5 Å². The van der Waals surface area contributed by atoms with Crippen molar-refractivity contribution in [2.75, 3.05) is 11.1 Å². The van der Waals surface area contributed by atoms with Crippen LogP contribution in [0.3, 0.4) is 0 Å². The number of carbonyl (C=O) groups is 1. The van der Waals surface area contributed by atoms with E-state index in [1.807, 2.05) is 0 Å². The van der Waals surface area contributed by atoms with Gasteiger partial charge < -0.3 is 15.8 Å². The first-order valence-electron chi connectivity index (χ1n) is 11.4. The molecule has 11 heteroatoms. The molecule has 190 valence electrons. The van der Waals surface area contributed by atoms with E-state index in [0.717, 1.165) is 11.8 Å². The summed E-state index contributed by atoms with van der Waals surface area (Å²) >= 11 is 0. The van der Waals surface area contributed by atoms with Gasteiger partial charge in [-0.3, -0.25) is 4.79 Å². The number of hydrogen-bond acceptors (Lipinski definition) is 7. The molecule has 0 unspecified atom stereocenters. The first-order valence-corrected chi connectivity index (χ1v) is 11.4. The van der Waals surface area contributed by atoms with E-state index in [0.29, 0.717) is 11.1 Å². The summed E-state index contributed by atoms with van der Waals surface area (Å²) in [7, 11) is 0. The molecule has 0 radical (unpaired) electrons. The van der Waals surface area contributed by atoms with Crippen LogP contribution in [0.1, 0.15) is 12.6 Å². The maximum Gasteiger partial charge on any atom is 0.250 e. The lowest BCUT2D eigenvalue weighted by molar-refractivity contribution is -0.112. The smallest absolute Gasteiger partial charge is 0.250 e. The number of nitrogens with two attached hydrogens (primary N) is 1. The van der Waals surface area contributed by atoms with Crippen LogP contribution in [0.5, 0.6) is 11.6 Å². The number of carbonyl (C=O) groups excluding carboxylic acids is 1. The molecule has 9 nitrogen and oxygen atoms in total. The molecule has 3 N–H and O–H groups in total. The molecule has 0 aliphatic carbocycles. The zero-order valence-corrected chi connectivity index (χ0v) is 20.4. The second-order valence-corrected chi connectivity index (χ2v) is 8.50. The maximum atomic E-state index is 15.3. The highest BCUT2D eigenvalue weighted by Crippen LogP contribution is 2.39. The van der Waals surface area contributed by atoms with Crippen molar-refractivity contribution in [3.63, 3.8) is 0 Å². The SMILES string of the molecule is C=C(C)C(=O)Nc1ccc(-c2nn3ncnc(N)c3c2-c2ccc(Oc3cccc(C)n3)c(F)c2)c(F)c1. The number of fused-ring (bicyclic) bond motifs is 1. The Bertz CT molecular complexity index is 1730. The van der Waals surface area contributed by atoms with Gasteiger partial charge in [0.2, 0.25) is 5.88 Å². The number of hydrogen-bond donors (Lipinski definition) is 2. The van der Waals surface area contributed by atoms with Crippen LogP contribution >= 0.6 is 0 Å². The van der Waals surface area contributed by atoms with E-state index in [1.54, 1.807) is 38.1 Å². The van der Waals surface area contributed by atoms with Crippen LogP contribution < -0.4 is 15.8 Å². The van der Waals surface area contributed by atoms with E-state index in [-0.39, 0.29) is 45.5 Å². The number of benzene rings is 2. The molecular formula is C27H21F2N7O2. The Morgan fingerprint density at radius 1 is 1.11 bits per heavy atom. The lowest BCUT2D eigenvalue weighted by Crippen LogP contribution is -2.11. The second-order valence-electron chi connectivity index (χ2n) is 8.50. The predicted molar refractivity (Wildman–Crippen MR) is 138 cm³/mol. The Balaban J connectivity index is 1.61. The Morgan fingerprint density at radius 3 is 2.63 bits per heavy atom. The van der Waals surface area contributed by atoms with Gasteiger partial charge in [0.15, 0.2) is 17.4 Å². The first-order chi connectivity index (χ1) is 18.2. The Hall–Kier alpha value is -5.19. The normalized spacial score (nSPS) is 10.9. The minimum absolute atomic E-state index is 0.0436. The van der Waals surface area contributed by atoms with Crippen LogP contribution in [0.15, 0.2) is 73.1 Å². The second kappa shape index (κ2) is 9.69. The van der Waals surface area contributed by atoms with Crippen LogP contribution in [0, 0.1) is 18.6 Å². The van der Waals surface area contributed by atoms with Crippen LogP contribution in [0.25, 0.3) is 27.9 Å².